The minimum atomic E-state index is -0.711. The fourth-order valence-electron chi connectivity index (χ4n) is 0.881. The normalized spacial score (nSPS) is 10.7. The van der Waals surface area contributed by atoms with Crippen LogP contribution in [0.1, 0.15) is 20.8 Å². The van der Waals surface area contributed by atoms with Crippen molar-refractivity contribution in [3.8, 4) is 3.81 Å². The first-order valence-corrected chi connectivity index (χ1v) is 8.96. The van der Waals surface area contributed by atoms with Crippen LogP contribution >= 0.6 is 19.1 Å². The largest absolute Gasteiger partial charge is 0.303 e. The van der Waals surface area contributed by atoms with Crippen LogP contribution in [0.3, 0.4) is 0 Å². The Morgan fingerprint density at radius 2 is 1.82 bits per heavy atom. The second-order valence-corrected chi connectivity index (χ2v) is 8.02. The van der Waals surface area contributed by atoms with Gasteiger partial charge in [0.15, 0.2) is 0 Å². The van der Waals surface area contributed by atoms with Crippen molar-refractivity contribution in [3.63, 3.8) is 0 Å². The fraction of sp³-hybridized carbons (Fsp3) is 0.889. The topological polar surface area (TPSA) is 3.24 Å². The second-order valence-electron chi connectivity index (χ2n) is 2.49. The van der Waals surface area contributed by atoms with E-state index < -0.39 is 19.1 Å². The maximum Gasteiger partial charge on any atom is 0.00660 e. The molecule has 0 amide bonds. The Morgan fingerprint density at radius 3 is 2.18 bits per heavy atom. The number of hydrogen-bond acceptors (Lipinski definition) is 1. The number of rotatable bonds is 4. The molecule has 0 aliphatic heterocycles. The van der Waals surface area contributed by atoms with Gasteiger partial charge in [-0.05, 0) is 24.9 Å². The average Bonchev–Trinajstić information content (AvgIpc) is 2.06. The quantitative estimate of drug-likeness (QED) is 0.559. The molecule has 0 aliphatic carbocycles. The molecule has 0 saturated carbocycles. The first kappa shape index (κ1) is 11.5. The van der Waals surface area contributed by atoms with E-state index in [2.05, 4.69) is 34.4 Å². The zero-order chi connectivity index (χ0) is 8.69. The molecule has 11 heavy (non-hydrogen) atoms. The first-order valence-electron chi connectivity index (χ1n) is 4.20. The summed E-state index contributed by atoms with van der Waals surface area (Å²) in [5.41, 5.74) is 0. The molecule has 0 aromatic heterocycles. The number of alkyl halides is 2. The maximum absolute atomic E-state index is 3.40. The van der Waals surface area contributed by atoms with Gasteiger partial charge in [-0.15, -0.1) is 22.9 Å². The van der Waals surface area contributed by atoms with Crippen molar-refractivity contribution in [2.24, 2.45) is 0 Å². The van der Waals surface area contributed by atoms with Gasteiger partial charge in [-0.25, -0.2) is 0 Å². The van der Waals surface area contributed by atoms with Gasteiger partial charge in [0.05, 0.1) is 0 Å². The highest BCUT2D eigenvalue weighted by molar-refractivity contribution is 14.2. The van der Waals surface area contributed by atoms with Crippen LogP contribution in [0.25, 0.3) is 0 Å². The predicted molar refractivity (Wildman–Crippen MR) is 62.2 cm³/mol. The lowest BCUT2D eigenvalue weighted by Gasteiger charge is -2.16. The lowest BCUT2D eigenvalue weighted by molar-refractivity contribution is 0.325. The van der Waals surface area contributed by atoms with E-state index in [9.17, 15) is 0 Å². The van der Waals surface area contributed by atoms with E-state index in [0.29, 0.717) is 0 Å². The summed E-state index contributed by atoms with van der Waals surface area (Å²) >= 11 is -0.711. The molecule has 0 rings (SSSR count). The molecule has 0 fully saturated rings. The van der Waals surface area contributed by atoms with Gasteiger partial charge in [-0.1, -0.05) is 13.8 Å². The predicted octanol–water partition coefficient (Wildman–Crippen LogP) is 2.44. The highest BCUT2D eigenvalue weighted by Gasteiger charge is 1.96. The molecule has 0 atom stereocenters. The van der Waals surface area contributed by atoms with Crippen molar-refractivity contribution in [2.75, 3.05) is 29.0 Å². The van der Waals surface area contributed by atoms with Crippen LogP contribution < -0.4 is 0 Å². The first-order chi connectivity index (χ1) is 5.24. The summed E-state index contributed by atoms with van der Waals surface area (Å²) in [7, 11) is 0. The van der Waals surface area contributed by atoms with E-state index in [1.807, 2.05) is 0 Å². The number of nitrogens with zero attached hydrogens (tertiary/aromatic N) is 1. The fourth-order valence-corrected chi connectivity index (χ4v) is 2.83. The number of hydrogen-bond donors (Lipinski definition) is 0. The third-order valence-corrected chi connectivity index (χ3v) is 5.84. The van der Waals surface area contributed by atoms with E-state index in [0.717, 1.165) is 0 Å². The molecule has 2 heteroatoms. The van der Waals surface area contributed by atoms with Crippen LogP contribution in [-0.2, 0) is 0 Å². The summed E-state index contributed by atoms with van der Waals surface area (Å²) < 4.78 is 4.80. The highest BCUT2D eigenvalue weighted by atomic mass is 127. The van der Waals surface area contributed by atoms with Crippen LogP contribution in [-0.4, -0.2) is 33.9 Å². The van der Waals surface area contributed by atoms with Crippen LogP contribution in [0.15, 0.2) is 0 Å². The monoisotopic (exact) mass is 269 g/mol. The Hall–Kier alpha value is 0.470. The molecule has 0 aromatic rings. The smallest absolute Gasteiger partial charge is 0.00660 e. The number of halogens is 1. The van der Waals surface area contributed by atoms with Gasteiger partial charge in [0.2, 0.25) is 0 Å². The molecule has 0 radical (unpaired) electrons. The zero-order valence-electron chi connectivity index (χ0n) is 8.15. The van der Waals surface area contributed by atoms with Crippen molar-refractivity contribution < 1.29 is 0 Å². The lowest BCUT2D eigenvalue weighted by atomic mass is 10.5. The summed E-state index contributed by atoms with van der Waals surface area (Å²) in [4.78, 5) is 4.87. The molecule has 68 valence electrons. The van der Waals surface area contributed by atoms with Crippen molar-refractivity contribution >= 4 is 19.1 Å². The average molecular weight is 269 g/mol. The molecule has 0 bridgehead atoms. The second kappa shape index (κ2) is 7.14. The zero-order valence-corrected chi connectivity index (χ0v) is 10.3. The minimum Gasteiger partial charge on any atom is -0.303 e. The van der Waals surface area contributed by atoms with E-state index in [4.69, 9.17) is 0 Å². The third-order valence-electron chi connectivity index (χ3n) is 1.90. The molecule has 0 spiro atoms. The molecular formula is C9H20IN. The minimum absolute atomic E-state index is 0.711. The SMILES string of the molecule is CC#I(C)CCN(CC)CC. The van der Waals surface area contributed by atoms with Crippen molar-refractivity contribution in [2.45, 2.75) is 20.8 Å². The third kappa shape index (κ3) is 5.71. The van der Waals surface area contributed by atoms with E-state index in [1.165, 1.54) is 24.1 Å². The van der Waals surface area contributed by atoms with Crippen LogP contribution in [0.5, 0.6) is 0 Å². The molecular weight excluding hydrogens is 249 g/mol. The van der Waals surface area contributed by atoms with Gasteiger partial charge < -0.3 is 4.90 Å². The molecule has 0 saturated heterocycles. The highest BCUT2D eigenvalue weighted by Crippen LogP contribution is 2.12. The molecule has 0 aliphatic rings. The van der Waals surface area contributed by atoms with Crippen LogP contribution in [0.2, 0.25) is 0 Å². The van der Waals surface area contributed by atoms with E-state index in [1.54, 1.807) is 0 Å². The van der Waals surface area contributed by atoms with Gasteiger partial charge in [0.1, 0.15) is 0 Å². The molecule has 0 heterocycles. The van der Waals surface area contributed by atoms with Gasteiger partial charge in [-0.2, -0.15) is 0 Å². The van der Waals surface area contributed by atoms with Gasteiger partial charge in [-0.3, -0.25) is 0 Å². The molecule has 1 nitrogen and oxygen atoms in total. The van der Waals surface area contributed by atoms with Gasteiger partial charge in [0.25, 0.3) is 0 Å². The van der Waals surface area contributed by atoms with E-state index >= 15 is 0 Å². The Balaban J connectivity index is 3.56. The molecule has 0 aromatic carbocycles. The standard InChI is InChI=1S/C9H20IN/c1-5-10(4)8-9-11(6-2)7-3/h6-9H2,1-4H3. The van der Waals surface area contributed by atoms with Crippen LogP contribution in [0.4, 0.5) is 0 Å². The Labute approximate surface area is 77.6 Å². The lowest BCUT2D eigenvalue weighted by Crippen LogP contribution is -2.25. The Kier molecular flexibility index (Phi) is 7.44. The maximum atomic E-state index is 3.40. The van der Waals surface area contributed by atoms with Gasteiger partial charge in [0, 0.05) is 11.0 Å². The molecule has 0 unspecified atom stereocenters. The van der Waals surface area contributed by atoms with Crippen molar-refractivity contribution in [1.29, 1.82) is 0 Å². The molecule has 0 N–H and O–H groups in total. The summed E-state index contributed by atoms with van der Waals surface area (Å²) in [6, 6.07) is 0. The summed E-state index contributed by atoms with van der Waals surface area (Å²) in [6.07, 6.45) is 0. The van der Waals surface area contributed by atoms with Crippen molar-refractivity contribution in [1.82, 2.24) is 4.90 Å². The Morgan fingerprint density at radius 1 is 1.27 bits per heavy atom. The van der Waals surface area contributed by atoms with Crippen LogP contribution in [0, 0.1) is 3.81 Å². The summed E-state index contributed by atoms with van der Waals surface area (Å²) in [6.45, 7) is 10.2. The van der Waals surface area contributed by atoms with E-state index in [-0.39, 0.29) is 0 Å². The Bertz CT molecular complexity index is 159. The van der Waals surface area contributed by atoms with Gasteiger partial charge >= 0.3 is 0 Å². The summed E-state index contributed by atoms with van der Waals surface area (Å²) in [5.74, 6) is 0. The van der Waals surface area contributed by atoms with Crippen molar-refractivity contribution in [3.05, 3.63) is 0 Å². The summed E-state index contributed by atoms with van der Waals surface area (Å²) in [5, 5.41) is 0.